The molecule has 0 unspecified atom stereocenters. The van der Waals surface area contributed by atoms with Crippen LogP contribution in [0.1, 0.15) is 17.5 Å². The Morgan fingerprint density at radius 1 is 1.09 bits per heavy atom. The Balaban J connectivity index is 1.22. The summed E-state index contributed by atoms with van der Waals surface area (Å²) in [4.78, 5) is 31.4. The lowest BCUT2D eigenvalue weighted by Gasteiger charge is -2.26. The molecule has 1 saturated heterocycles. The number of thioether (sulfide) groups is 1. The molecule has 3 aromatic rings. The summed E-state index contributed by atoms with van der Waals surface area (Å²) in [5, 5.41) is 6.68. The van der Waals surface area contributed by atoms with Crippen LogP contribution in [0, 0.1) is 6.92 Å². The van der Waals surface area contributed by atoms with Crippen LogP contribution < -0.4 is 10.6 Å². The lowest BCUT2D eigenvalue weighted by atomic mass is 10.2. The molecule has 0 spiro atoms. The van der Waals surface area contributed by atoms with Crippen LogP contribution in [0.15, 0.2) is 66.1 Å². The molecule has 0 bridgehead atoms. The first-order valence-corrected chi connectivity index (χ1v) is 12.7. The summed E-state index contributed by atoms with van der Waals surface area (Å²) in [6.07, 6.45) is 4.09. The standard InChI is InChI=1S/C26H31N5O3S/c1-20-5-2-3-8-23(20)31-12-10-27-26(31)35-19-25(33)28-18-21-6-4-7-22(17-21)29-24(32)9-11-30-13-15-34-16-14-30/h2-8,10,12,17H,9,11,13-16,18-19H2,1H3,(H,28,33)(H,29,32). The van der Waals surface area contributed by atoms with Crippen molar-refractivity contribution in [2.75, 3.05) is 43.9 Å². The van der Waals surface area contributed by atoms with E-state index in [1.54, 1.807) is 6.20 Å². The molecule has 0 saturated carbocycles. The van der Waals surface area contributed by atoms with Crippen LogP contribution in [-0.2, 0) is 20.9 Å². The summed E-state index contributed by atoms with van der Waals surface area (Å²) in [6, 6.07) is 15.7. The fraction of sp³-hybridized carbons (Fsp3) is 0.346. The number of nitrogens with one attached hydrogen (secondary N) is 2. The van der Waals surface area contributed by atoms with E-state index in [2.05, 4.69) is 33.5 Å². The molecule has 1 aromatic heterocycles. The van der Waals surface area contributed by atoms with Gasteiger partial charge in [-0.1, -0.05) is 42.1 Å². The van der Waals surface area contributed by atoms with E-state index < -0.39 is 0 Å². The maximum Gasteiger partial charge on any atom is 0.230 e. The lowest BCUT2D eigenvalue weighted by molar-refractivity contribution is -0.119. The molecule has 2 amide bonds. The summed E-state index contributed by atoms with van der Waals surface area (Å²) < 4.78 is 7.34. The van der Waals surface area contributed by atoms with E-state index >= 15 is 0 Å². The molecule has 35 heavy (non-hydrogen) atoms. The average Bonchev–Trinajstić information content (AvgIpc) is 3.34. The fourth-order valence-corrected chi connectivity index (χ4v) is 4.66. The van der Waals surface area contributed by atoms with Crippen molar-refractivity contribution in [3.63, 3.8) is 0 Å². The number of carbonyl (C=O) groups is 2. The van der Waals surface area contributed by atoms with Crippen LogP contribution in [-0.4, -0.2) is 64.9 Å². The van der Waals surface area contributed by atoms with Crippen LogP contribution in [0.4, 0.5) is 5.69 Å². The van der Waals surface area contributed by atoms with Crippen molar-refractivity contribution in [2.24, 2.45) is 0 Å². The van der Waals surface area contributed by atoms with E-state index in [1.807, 2.05) is 53.2 Å². The number of hydrogen-bond donors (Lipinski definition) is 2. The summed E-state index contributed by atoms with van der Waals surface area (Å²) >= 11 is 1.40. The number of para-hydroxylation sites is 1. The van der Waals surface area contributed by atoms with E-state index in [4.69, 9.17) is 4.74 Å². The van der Waals surface area contributed by atoms with Gasteiger partial charge < -0.3 is 15.4 Å². The van der Waals surface area contributed by atoms with Gasteiger partial charge in [-0.05, 0) is 36.2 Å². The van der Waals surface area contributed by atoms with Gasteiger partial charge in [-0.3, -0.25) is 19.1 Å². The van der Waals surface area contributed by atoms with Crippen molar-refractivity contribution >= 4 is 29.3 Å². The first kappa shape index (κ1) is 25.0. The predicted molar refractivity (Wildman–Crippen MR) is 138 cm³/mol. The quantitative estimate of drug-likeness (QED) is 0.422. The van der Waals surface area contributed by atoms with Gasteiger partial charge in [0, 0.05) is 50.7 Å². The summed E-state index contributed by atoms with van der Waals surface area (Å²) in [5.41, 5.74) is 3.86. The first-order valence-electron chi connectivity index (χ1n) is 11.8. The fourth-order valence-electron chi connectivity index (χ4n) is 3.86. The zero-order valence-electron chi connectivity index (χ0n) is 19.9. The minimum Gasteiger partial charge on any atom is -0.379 e. The highest BCUT2D eigenvalue weighted by Crippen LogP contribution is 2.22. The normalized spacial score (nSPS) is 14.0. The van der Waals surface area contributed by atoms with Gasteiger partial charge in [-0.2, -0.15) is 0 Å². The van der Waals surface area contributed by atoms with E-state index in [-0.39, 0.29) is 17.6 Å². The van der Waals surface area contributed by atoms with Gasteiger partial charge in [-0.15, -0.1) is 0 Å². The third-order valence-corrected chi connectivity index (χ3v) is 6.74. The Labute approximate surface area is 210 Å². The molecule has 1 aliphatic rings. The predicted octanol–water partition coefficient (Wildman–Crippen LogP) is 3.25. The minimum absolute atomic E-state index is 0.0155. The second-order valence-corrected chi connectivity index (χ2v) is 9.33. The monoisotopic (exact) mass is 493 g/mol. The van der Waals surface area contributed by atoms with Crippen LogP contribution >= 0.6 is 11.8 Å². The molecule has 0 aliphatic carbocycles. The Kier molecular flexibility index (Phi) is 8.94. The van der Waals surface area contributed by atoms with Crippen molar-refractivity contribution in [3.05, 3.63) is 72.1 Å². The zero-order chi connectivity index (χ0) is 24.5. The van der Waals surface area contributed by atoms with Gasteiger partial charge in [0.25, 0.3) is 0 Å². The maximum absolute atomic E-state index is 12.5. The SMILES string of the molecule is Cc1ccccc1-n1ccnc1SCC(=O)NCc1cccc(NC(=O)CCN2CCOCC2)c1. The molecule has 4 rings (SSSR count). The molecule has 2 heterocycles. The Bertz CT molecular complexity index is 1140. The van der Waals surface area contributed by atoms with Crippen molar-refractivity contribution in [1.29, 1.82) is 0 Å². The van der Waals surface area contributed by atoms with Crippen LogP contribution in [0.25, 0.3) is 5.69 Å². The molecular weight excluding hydrogens is 462 g/mol. The highest BCUT2D eigenvalue weighted by atomic mass is 32.2. The van der Waals surface area contributed by atoms with Gasteiger partial charge in [0.1, 0.15) is 0 Å². The van der Waals surface area contributed by atoms with Crippen LogP contribution in [0.2, 0.25) is 0 Å². The highest BCUT2D eigenvalue weighted by Gasteiger charge is 2.13. The Morgan fingerprint density at radius 3 is 2.74 bits per heavy atom. The number of aryl methyl sites for hydroxylation is 1. The molecule has 2 aromatic carbocycles. The Morgan fingerprint density at radius 2 is 1.91 bits per heavy atom. The number of aromatic nitrogens is 2. The van der Waals surface area contributed by atoms with Gasteiger partial charge in [0.15, 0.2) is 5.16 Å². The number of morpholine rings is 1. The number of benzene rings is 2. The van der Waals surface area contributed by atoms with Gasteiger partial charge >= 0.3 is 0 Å². The molecule has 0 radical (unpaired) electrons. The van der Waals surface area contributed by atoms with Gasteiger partial charge in [-0.25, -0.2) is 4.98 Å². The van der Waals surface area contributed by atoms with E-state index in [1.165, 1.54) is 11.8 Å². The number of nitrogens with zero attached hydrogens (tertiary/aromatic N) is 3. The number of hydrogen-bond acceptors (Lipinski definition) is 6. The summed E-state index contributed by atoms with van der Waals surface area (Å²) in [5.74, 6) is 0.174. The number of carbonyl (C=O) groups excluding carboxylic acids is 2. The largest absolute Gasteiger partial charge is 0.379 e. The smallest absolute Gasteiger partial charge is 0.230 e. The van der Waals surface area contributed by atoms with Crippen molar-refractivity contribution < 1.29 is 14.3 Å². The third kappa shape index (κ3) is 7.42. The highest BCUT2D eigenvalue weighted by molar-refractivity contribution is 7.99. The third-order valence-electron chi connectivity index (χ3n) is 5.77. The topological polar surface area (TPSA) is 88.5 Å². The minimum atomic E-state index is -0.0747. The van der Waals surface area contributed by atoms with E-state index in [0.29, 0.717) is 13.0 Å². The Hall–Kier alpha value is -3.14. The second-order valence-electron chi connectivity index (χ2n) is 8.38. The molecule has 8 nitrogen and oxygen atoms in total. The van der Waals surface area contributed by atoms with Crippen molar-refractivity contribution in [1.82, 2.24) is 19.8 Å². The number of amides is 2. The maximum atomic E-state index is 12.5. The van der Waals surface area contributed by atoms with Gasteiger partial charge in [0.05, 0.1) is 24.7 Å². The number of anilines is 1. The second kappa shape index (κ2) is 12.5. The molecule has 9 heteroatoms. The summed E-state index contributed by atoms with van der Waals surface area (Å²) in [7, 11) is 0. The average molecular weight is 494 g/mol. The molecule has 0 atom stereocenters. The van der Waals surface area contributed by atoms with Crippen LogP contribution in [0.5, 0.6) is 0 Å². The summed E-state index contributed by atoms with van der Waals surface area (Å²) in [6.45, 7) is 6.36. The first-order chi connectivity index (χ1) is 17.1. The zero-order valence-corrected chi connectivity index (χ0v) is 20.7. The van der Waals surface area contributed by atoms with Crippen molar-refractivity contribution in [2.45, 2.75) is 25.0 Å². The van der Waals surface area contributed by atoms with Crippen LogP contribution in [0.3, 0.4) is 0 Å². The molecule has 184 valence electrons. The molecule has 1 fully saturated rings. The molecule has 2 N–H and O–H groups in total. The van der Waals surface area contributed by atoms with E-state index in [9.17, 15) is 9.59 Å². The molecular formula is C26H31N5O3S. The number of rotatable bonds is 10. The van der Waals surface area contributed by atoms with E-state index in [0.717, 1.165) is 60.5 Å². The van der Waals surface area contributed by atoms with Gasteiger partial charge in [0.2, 0.25) is 11.8 Å². The lowest BCUT2D eigenvalue weighted by Crippen LogP contribution is -2.38. The van der Waals surface area contributed by atoms with Crippen molar-refractivity contribution in [3.8, 4) is 5.69 Å². The number of ether oxygens (including phenoxy) is 1. The number of imidazole rings is 1. The molecule has 1 aliphatic heterocycles.